The molecule has 1 N–H and O–H groups in total. The highest BCUT2D eigenvalue weighted by atomic mass is 16.6. The summed E-state index contributed by atoms with van der Waals surface area (Å²) < 4.78 is 5.35. The summed E-state index contributed by atoms with van der Waals surface area (Å²) in [4.78, 5) is 11.5. The minimum Gasteiger partial charge on any atom is -0.458 e. The fourth-order valence-corrected chi connectivity index (χ4v) is 2.45. The topological polar surface area (TPSA) is 38.3 Å². The van der Waals surface area contributed by atoms with Gasteiger partial charge in [-0.2, -0.15) is 0 Å². The Morgan fingerprint density at radius 2 is 2.23 bits per heavy atom. The number of carbonyl (C=O) groups is 1. The zero-order valence-electron chi connectivity index (χ0n) is 8.30. The van der Waals surface area contributed by atoms with Crippen LogP contribution < -0.4 is 5.32 Å². The van der Waals surface area contributed by atoms with Gasteiger partial charge in [0.15, 0.2) is 0 Å². The van der Waals surface area contributed by atoms with Crippen molar-refractivity contribution in [3.05, 3.63) is 0 Å². The van der Waals surface area contributed by atoms with Crippen LogP contribution in [0.5, 0.6) is 0 Å². The lowest BCUT2D eigenvalue weighted by molar-refractivity contribution is -0.147. The van der Waals surface area contributed by atoms with Gasteiger partial charge in [0.1, 0.15) is 11.6 Å². The number of rotatable bonds is 0. The lowest BCUT2D eigenvalue weighted by atomic mass is 9.84. The summed E-state index contributed by atoms with van der Waals surface area (Å²) in [7, 11) is 0. The van der Waals surface area contributed by atoms with Gasteiger partial charge >= 0.3 is 5.97 Å². The van der Waals surface area contributed by atoms with E-state index >= 15 is 0 Å². The van der Waals surface area contributed by atoms with Crippen molar-refractivity contribution in [3.8, 4) is 0 Å². The fraction of sp³-hybridized carbons (Fsp3) is 0.900. The Labute approximate surface area is 78.8 Å². The molecule has 3 heteroatoms. The monoisotopic (exact) mass is 183 g/mol. The molecule has 0 aliphatic carbocycles. The normalized spacial score (nSPS) is 37.8. The number of nitrogens with one attached hydrogen (secondary N) is 1. The highest BCUT2D eigenvalue weighted by molar-refractivity contribution is 5.79. The van der Waals surface area contributed by atoms with Crippen LogP contribution in [0, 0.1) is 5.92 Å². The van der Waals surface area contributed by atoms with Gasteiger partial charge in [-0.05, 0) is 33.2 Å². The van der Waals surface area contributed by atoms with Crippen LogP contribution in [-0.4, -0.2) is 24.2 Å². The van der Waals surface area contributed by atoms with Crippen molar-refractivity contribution in [1.29, 1.82) is 0 Å². The van der Waals surface area contributed by atoms with Gasteiger partial charge in [0.25, 0.3) is 0 Å². The molecule has 3 nitrogen and oxygen atoms in total. The van der Waals surface area contributed by atoms with Crippen molar-refractivity contribution in [1.82, 2.24) is 5.32 Å². The van der Waals surface area contributed by atoms with E-state index < -0.39 is 0 Å². The Morgan fingerprint density at radius 3 is 3.00 bits per heavy atom. The summed E-state index contributed by atoms with van der Waals surface area (Å²) in [6.07, 6.45) is 3.49. The van der Waals surface area contributed by atoms with Crippen LogP contribution >= 0.6 is 0 Å². The van der Waals surface area contributed by atoms with Crippen LogP contribution in [0.25, 0.3) is 0 Å². The summed E-state index contributed by atoms with van der Waals surface area (Å²) in [5, 5.41) is 3.27. The predicted octanol–water partition coefficient (Wildman–Crippen LogP) is 1.08. The summed E-state index contributed by atoms with van der Waals surface area (Å²) in [5.41, 5.74) is -0.265. The minimum absolute atomic E-state index is 0.0440. The molecule has 2 heterocycles. The van der Waals surface area contributed by atoms with Crippen molar-refractivity contribution in [2.24, 2.45) is 5.92 Å². The molecule has 13 heavy (non-hydrogen) atoms. The molecular formula is C10H17NO2. The number of cyclic esters (lactones) is 1. The SMILES string of the molecule is CC1(C)OC(=O)[C@@H]2NCCCC[C@@H]21. The van der Waals surface area contributed by atoms with E-state index in [1.54, 1.807) is 0 Å². The maximum atomic E-state index is 11.5. The molecule has 0 aromatic rings. The number of hydrogen-bond acceptors (Lipinski definition) is 3. The average Bonchev–Trinajstić information content (AvgIpc) is 2.28. The molecule has 74 valence electrons. The molecule has 0 radical (unpaired) electrons. The van der Waals surface area contributed by atoms with Gasteiger partial charge in [-0.3, -0.25) is 4.79 Å². The molecule has 2 atom stereocenters. The van der Waals surface area contributed by atoms with Crippen molar-refractivity contribution >= 4 is 5.97 Å². The standard InChI is InChI=1S/C10H17NO2/c1-10(2)7-5-3-4-6-11-8(7)9(12)13-10/h7-8,11H,3-6H2,1-2H3/t7-,8+/m0/s1. The van der Waals surface area contributed by atoms with Crippen molar-refractivity contribution < 1.29 is 9.53 Å². The summed E-state index contributed by atoms with van der Waals surface area (Å²) in [6.45, 7) is 4.98. The van der Waals surface area contributed by atoms with Crippen LogP contribution in [-0.2, 0) is 9.53 Å². The molecule has 2 aliphatic heterocycles. The molecule has 2 fully saturated rings. The zero-order chi connectivity index (χ0) is 9.47. The van der Waals surface area contributed by atoms with E-state index in [2.05, 4.69) is 5.32 Å². The number of ether oxygens (including phenoxy) is 1. The highest BCUT2D eigenvalue weighted by Crippen LogP contribution is 2.37. The summed E-state index contributed by atoms with van der Waals surface area (Å²) >= 11 is 0. The Morgan fingerprint density at radius 1 is 1.46 bits per heavy atom. The van der Waals surface area contributed by atoms with E-state index in [1.165, 1.54) is 12.8 Å². The van der Waals surface area contributed by atoms with Crippen LogP contribution in [0.2, 0.25) is 0 Å². The van der Waals surface area contributed by atoms with Crippen molar-refractivity contribution in [3.63, 3.8) is 0 Å². The number of carbonyl (C=O) groups excluding carboxylic acids is 1. The van der Waals surface area contributed by atoms with E-state index in [9.17, 15) is 4.79 Å². The first-order valence-corrected chi connectivity index (χ1v) is 5.07. The molecular weight excluding hydrogens is 166 g/mol. The minimum atomic E-state index is -0.265. The van der Waals surface area contributed by atoms with Gasteiger partial charge in [0.05, 0.1) is 0 Å². The van der Waals surface area contributed by atoms with Crippen LogP contribution in [0.15, 0.2) is 0 Å². The van der Waals surface area contributed by atoms with E-state index in [-0.39, 0.29) is 17.6 Å². The summed E-state index contributed by atoms with van der Waals surface area (Å²) in [5.74, 6) is 0.305. The van der Waals surface area contributed by atoms with E-state index in [0.717, 1.165) is 13.0 Å². The molecule has 0 bridgehead atoms. The fourth-order valence-electron chi connectivity index (χ4n) is 2.45. The van der Waals surface area contributed by atoms with Crippen LogP contribution in [0.3, 0.4) is 0 Å². The van der Waals surface area contributed by atoms with E-state index in [1.807, 2.05) is 13.8 Å². The molecule has 2 rings (SSSR count). The number of esters is 1. The van der Waals surface area contributed by atoms with Gasteiger partial charge < -0.3 is 10.1 Å². The predicted molar refractivity (Wildman–Crippen MR) is 49.3 cm³/mol. The molecule has 2 saturated heterocycles. The largest absolute Gasteiger partial charge is 0.458 e. The average molecular weight is 183 g/mol. The Kier molecular flexibility index (Phi) is 2.06. The van der Waals surface area contributed by atoms with Crippen molar-refractivity contribution in [2.75, 3.05) is 6.54 Å². The van der Waals surface area contributed by atoms with Gasteiger partial charge in [-0.1, -0.05) is 6.42 Å². The molecule has 0 spiro atoms. The molecule has 0 saturated carbocycles. The number of fused-ring (bicyclic) bond motifs is 1. The quantitative estimate of drug-likeness (QED) is 0.571. The molecule has 0 aromatic carbocycles. The lowest BCUT2D eigenvalue weighted by Gasteiger charge is -2.25. The first-order chi connectivity index (χ1) is 6.11. The Bertz CT molecular complexity index is 225. The smallest absolute Gasteiger partial charge is 0.324 e. The maximum Gasteiger partial charge on any atom is 0.324 e. The van der Waals surface area contributed by atoms with E-state index in [4.69, 9.17) is 4.74 Å². The lowest BCUT2D eigenvalue weighted by Crippen LogP contribution is -2.40. The van der Waals surface area contributed by atoms with Crippen molar-refractivity contribution in [2.45, 2.75) is 44.8 Å². The second-order valence-corrected chi connectivity index (χ2v) is 4.56. The highest BCUT2D eigenvalue weighted by Gasteiger charge is 2.49. The first-order valence-electron chi connectivity index (χ1n) is 5.07. The third-order valence-corrected chi connectivity index (χ3v) is 3.22. The second kappa shape index (κ2) is 2.98. The zero-order valence-corrected chi connectivity index (χ0v) is 8.30. The summed E-state index contributed by atoms with van der Waals surface area (Å²) in [6, 6.07) is -0.0440. The van der Waals surface area contributed by atoms with E-state index in [0.29, 0.717) is 5.92 Å². The Hall–Kier alpha value is -0.570. The van der Waals surface area contributed by atoms with Gasteiger partial charge in [0, 0.05) is 5.92 Å². The molecule has 2 aliphatic rings. The maximum absolute atomic E-state index is 11.5. The van der Waals surface area contributed by atoms with Crippen LogP contribution in [0.1, 0.15) is 33.1 Å². The van der Waals surface area contributed by atoms with Gasteiger partial charge in [-0.25, -0.2) is 0 Å². The number of hydrogen-bond donors (Lipinski definition) is 1. The molecule has 0 amide bonds. The third-order valence-electron chi connectivity index (χ3n) is 3.22. The van der Waals surface area contributed by atoms with Crippen LogP contribution in [0.4, 0.5) is 0 Å². The first kappa shape index (κ1) is 9.00. The van der Waals surface area contributed by atoms with Gasteiger partial charge in [0.2, 0.25) is 0 Å². The second-order valence-electron chi connectivity index (χ2n) is 4.56. The molecule has 0 aromatic heterocycles. The molecule has 0 unspecified atom stereocenters. The Balaban J connectivity index is 2.21. The van der Waals surface area contributed by atoms with Gasteiger partial charge in [-0.15, -0.1) is 0 Å². The third kappa shape index (κ3) is 1.46.